The molecule has 0 radical (unpaired) electrons. The summed E-state index contributed by atoms with van der Waals surface area (Å²) in [5.41, 5.74) is 1.45. The smallest absolute Gasteiger partial charge is 0.237 e. The number of nitrogens with zero attached hydrogens (tertiary/aromatic N) is 2. The Hall–Kier alpha value is -1.65. The maximum absolute atomic E-state index is 13.7. The van der Waals surface area contributed by atoms with Crippen molar-refractivity contribution in [2.75, 3.05) is 27.7 Å². The number of hydrogen-bond acceptors (Lipinski definition) is 1. The highest BCUT2D eigenvalue weighted by Gasteiger charge is 2.45. The number of carbonyl (C=O) groups is 1. The first-order valence-corrected chi connectivity index (χ1v) is 10.3. The average Bonchev–Trinajstić information content (AvgIpc) is 2.69. The molecule has 0 fully saturated rings. The summed E-state index contributed by atoms with van der Waals surface area (Å²) in [6, 6.07) is 21.6. The maximum atomic E-state index is 13.7. The van der Waals surface area contributed by atoms with E-state index in [4.69, 9.17) is 0 Å². The predicted molar refractivity (Wildman–Crippen MR) is 118 cm³/mol. The van der Waals surface area contributed by atoms with Crippen molar-refractivity contribution in [3.8, 4) is 0 Å². The highest BCUT2D eigenvalue weighted by molar-refractivity contribution is 5.91. The lowest BCUT2D eigenvalue weighted by Crippen LogP contribution is -3.00. The summed E-state index contributed by atoms with van der Waals surface area (Å²) in [5.74, 6) is 0.143. The van der Waals surface area contributed by atoms with Gasteiger partial charge in [0.2, 0.25) is 5.91 Å². The highest BCUT2D eigenvalue weighted by Crippen LogP contribution is 2.39. The van der Waals surface area contributed by atoms with E-state index in [1.807, 2.05) is 50.5 Å². The molecular weight excluding hydrogens is 424 g/mol. The van der Waals surface area contributed by atoms with Gasteiger partial charge in [0.15, 0.2) is 0 Å². The Morgan fingerprint density at radius 3 is 1.55 bits per heavy atom. The van der Waals surface area contributed by atoms with Crippen LogP contribution >= 0.6 is 0 Å². The third-order valence-electron chi connectivity index (χ3n) is 6.63. The molecule has 0 aliphatic rings. The minimum absolute atomic E-state index is 0. The van der Waals surface area contributed by atoms with Crippen LogP contribution < -0.4 is 17.0 Å². The summed E-state index contributed by atoms with van der Waals surface area (Å²) in [6.07, 6.45) is 0.769. The molecule has 2 rings (SSSR count). The predicted octanol–water partition coefficient (Wildman–Crippen LogP) is 1.72. The average molecular weight is 461 g/mol. The third-order valence-corrected chi connectivity index (χ3v) is 6.63. The van der Waals surface area contributed by atoms with Gasteiger partial charge in [-0.2, -0.15) is 0 Å². The number of amides is 1. The first-order valence-electron chi connectivity index (χ1n) is 10.3. The van der Waals surface area contributed by atoms with Gasteiger partial charge in [-0.15, -0.1) is 0 Å². The third kappa shape index (κ3) is 5.10. The maximum Gasteiger partial charge on any atom is 0.237 e. The summed E-state index contributed by atoms with van der Waals surface area (Å²) in [5, 5.41) is 0. The number of benzene rings is 2. The molecule has 0 saturated heterocycles. The van der Waals surface area contributed by atoms with Crippen LogP contribution in [0.5, 0.6) is 0 Å². The van der Waals surface area contributed by atoms with Crippen molar-refractivity contribution in [1.82, 2.24) is 4.90 Å². The molecule has 0 bridgehead atoms. The fraction of sp³-hybridized carbons (Fsp3) is 0.480. The molecular formula is C25H37BrN2O. The number of halogens is 1. The summed E-state index contributed by atoms with van der Waals surface area (Å²) in [4.78, 5) is 15.5. The first kappa shape index (κ1) is 25.4. The van der Waals surface area contributed by atoms with E-state index >= 15 is 0 Å². The van der Waals surface area contributed by atoms with Gasteiger partial charge >= 0.3 is 0 Å². The molecule has 160 valence electrons. The molecule has 29 heavy (non-hydrogen) atoms. The Morgan fingerprint density at radius 2 is 1.24 bits per heavy atom. The van der Waals surface area contributed by atoms with E-state index in [1.54, 1.807) is 4.90 Å². The van der Waals surface area contributed by atoms with E-state index in [0.717, 1.165) is 28.6 Å². The van der Waals surface area contributed by atoms with Crippen LogP contribution in [0.1, 0.15) is 45.2 Å². The molecule has 0 spiro atoms. The largest absolute Gasteiger partial charge is 1.00 e. The molecule has 0 atom stereocenters. The minimum atomic E-state index is -0.685. The van der Waals surface area contributed by atoms with Gasteiger partial charge in [0.1, 0.15) is 5.41 Å². The Balaban J connectivity index is 0.00000420. The second kappa shape index (κ2) is 10.4. The second-order valence-corrected chi connectivity index (χ2v) is 8.84. The van der Waals surface area contributed by atoms with E-state index < -0.39 is 5.41 Å². The lowest BCUT2D eigenvalue weighted by atomic mass is 9.70. The standard InChI is InChI=1S/C25H37N2O.BrH/c1-20(2)27(7,21(3)4)19-18-25(24(28)26(5)6,22-14-10-8-11-15-22)23-16-12-9-13-17-23;/h8-17,20-21H,18-19H2,1-7H3;1H/q+1;/p-1. The number of hydrogen-bond donors (Lipinski definition) is 0. The summed E-state index contributed by atoms with van der Waals surface area (Å²) < 4.78 is 0.933. The molecule has 4 heteroatoms. The summed E-state index contributed by atoms with van der Waals surface area (Å²) in [6.45, 7) is 10.0. The van der Waals surface area contributed by atoms with Gasteiger partial charge in [-0.25, -0.2) is 0 Å². The minimum Gasteiger partial charge on any atom is -1.00 e. The number of quaternary nitrogens is 1. The van der Waals surface area contributed by atoms with Crippen LogP contribution in [-0.2, 0) is 10.2 Å². The van der Waals surface area contributed by atoms with Crippen LogP contribution in [0.4, 0.5) is 0 Å². The fourth-order valence-electron chi connectivity index (χ4n) is 4.16. The molecule has 2 aromatic rings. The van der Waals surface area contributed by atoms with Crippen LogP contribution in [0.25, 0.3) is 0 Å². The van der Waals surface area contributed by atoms with E-state index in [9.17, 15) is 4.79 Å². The van der Waals surface area contributed by atoms with Crippen LogP contribution in [0.3, 0.4) is 0 Å². The number of rotatable bonds is 8. The highest BCUT2D eigenvalue weighted by atomic mass is 79.9. The van der Waals surface area contributed by atoms with E-state index in [0.29, 0.717) is 12.1 Å². The molecule has 0 saturated carbocycles. The molecule has 0 aliphatic heterocycles. The molecule has 0 aliphatic carbocycles. The molecule has 0 heterocycles. The van der Waals surface area contributed by atoms with Crippen LogP contribution in [0.2, 0.25) is 0 Å². The Kier molecular flexibility index (Phi) is 9.10. The SMILES string of the molecule is CC(C)[N+](C)(CCC(C(=O)N(C)C)(c1ccccc1)c1ccccc1)C(C)C.[Br-]. The van der Waals surface area contributed by atoms with E-state index in [-0.39, 0.29) is 22.9 Å². The van der Waals surface area contributed by atoms with Gasteiger partial charge in [-0.1, -0.05) is 60.7 Å². The number of carbonyl (C=O) groups excluding carboxylic acids is 1. The zero-order valence-corrected chi connectivity index (χ0v) is 20.6. The van der Waals surface area contributed by atoms with Crippen molar-refractivity contribution in [2.24, 2.45) is 0 Å². The van der Waals surface area contributed by atoms with E-state index in [2.05, 4.69) is 59.0 Å². The monoisotopic (exact) mass is 460 g/mol. The van der Waals surface area contributed by atoms with Crippen molar-refractivity contribution in [1.29, 1.82) is 0 Å². The van der Waals surface area contributed by atoms with Crippen LogP contribution in [0.15, 0.2) is 60.7 Å². The zero-order chi connectivity index (χ0) is 20.9. The van der Waals surface area contributed by atoms with E-state index in [1.165, 1.54) is 0 Å². The van der Waals surface area contributed by atoms with Gasteiger partial charge < -0.3 is 26.4 Å². The van der Waals surface area contributed by atoms with Crippen molar-refractivity contribution in [3.05, 3.63) is 71.8 Å². The molecule has 3 nitrogen and oxygen atoms in total. The molecule has 2 aromatic carbocycles. The fourth-order valence-corrected chi connectivity index (χ4v) is 4.16. The molecule has 0 N–H and O–H groups in total. The van der Waals surface area contributed by atoms with Gasteiger partial charge in [0, 0.05) is 20.5 Å². The van der Waals surface area contributed by atoms with Crippen LogP contribution in [0, 0.1) is 0 Å². The topological polar surface area (TPSA) is 20.3 Å². The van der Waals surface area contributed by atoms with Crippen molar-refractivity contribution in [2.45, 2.75) is 51.6 Å². The normalized spacial score (nSPS) is 12.0. The Morgan fingerprint density at radius 1 is 0.862 bits per heavy atom. The van der Waals surface area contributed by atoms with Gasteiger partial charge in [-0.05, 0) is 38.8 Å². The molecule has 0 unspecified atom stereocenters. The van der Waals surface area contributed by atoms with Gasteiger partial charge in [0.25, 0.3) is 0 Å². The Labute approximate surface area is 188 Å². The molecule has 1 amide bonds. The van der Waals surface area contributed by atoms with Gasteiger partial charge in [0.05, 0.1) is 25.7 Å². The lowest BCUT2D eigenvalue weighted by molar-refractivity contribution is -0.949. The quantitative estimate of drug-likeness (QED) is 0.549. The number of likely N-dealkylation sites (N-methyl/N-ethyl adjacent to an activating group) is 1. The van der Waals surface area contributed by atoms with Crippen LogP contribution in [-0.4, -0.2) is 55.1 Å². The summed E-state index contributed by atoms with van der Waals surface area (Å²) >= 11 is 0. The second-order valence-electron chi connectivity index (χ2n) is 8.84. The van der Waals surface area contributed by atoms with Gasteiger partial charge in [-0.3, -0.25) is 4.79 Å². The molecule has 0 aromatic heterocycles. The Bertz CT molecular complexity index is 709. The summed E-state index contributed by atoms with van der Waals surface area (Å²) in [7, 11) is 6.04. The van der Waals surface area contributed by atoms with Crippen molar-refractivity contribution >= 4 is 5.91 Å². The lowest BCUT2D eigenvalue weighted by Gasteiger charge is -2.45. The zero-order valence-electron chi connectivity index (χ0n) is 19.0. The van der Waals surface area contributed by atoms with Crippen molar-refractivity contribution in [3.63, 3.8) is 0 Å². The van der Waals surface area contributed by atoms with Crippen molar-refractivity contribution < 1.29 is 26.3 Å². The first-order chi connectivity index (χ1) is 13.2.